The molecular formula is C21H23N3O3S2. The standard InChI is InChI=1S/C21H23N3O3S2/c1-14-9-11-18(12-10-14)29(26,27)19-20(22-16(3)25)24(23-21(19)28-4)13-17-8-6-5-7-15(17)2/h5-12H,13H2,1-4H3,(H,22,25). The van der Waals surface area contributed by atoms with Gasteiger partial charge >= 0.3 is 0 Å². The number of nitrogens with zero attached hydrogens (tertiary/aromatic N) is 2. The SMILES string of the molecule is CSc1nn(Cc2ccccc2C)c(NC(C)=O)c1S(=O)(=O)c1ccc(C)cc1. The number of hydrogen-bond acceptors (Lipinski definition) is 5. The number of thioether (sulfide) groups is 1. The number of carbonyl (C=O) groups excluding carboxylic acids is 1. The Morgan fingerprint density at radius 1 is 1.10 bits per heavy atom. The average Bonchev–Trinajstić information content (AvgIpc) is 3.01. The summed E-state index contributed by atoms with van der Waals surface area (Å²) in [6.07, 6.45) is 1.77. The zero-order chi connectivity index (χ0) is 21.2. The second kappa shape index (κ2) is 8.42. The van der Waals surface area contributed by atoms with E-state index in [-0.39, 0.29) is 21.5 Å². The van der Waals surface area contributed by atoms with Gasteiger partial charge in [-0.05, 0) is 43.4 Å². The predicted octanol–water partition coefficient (Wildman–Crippen LogP) is 4.06. The van der Waals surface area contributed by atoms with E-state index in [9.17, 15) is 13.2 Å². The molecule has 1 N–H and O–H groups in total. The Labute approximate surface area is 175 Å². The molecule has 0 atom stereocenters. The minimum atomic E-state index is -3.88. The Morgan fingerprint density at radius 3 is 2.34 bits per heavy atom. The summed E-state index contributed by atoms with van der Waals surface area (Å²) in [6.45, 7) is 5.58. The van der Waals surface area contributed by atoms with Crippen LogP contribution in [0.5, 0.6) is 0 Å². The highest BCUT2D eigenvalue weighted by atomic mass is 32.2. The van der Waals surface area contributed by atoms with Gasteiger partial charge in [-0.2, -0.15) is 5.10 Å². The highest BCUT2D eigenvalue weighted by Gasteiger charge is 2.31. The number of benzene rings is 2. The van der Waals surface area contributed by atoms with Crippen LogP contribution in [0.1, 0.15) is 23.6 Å². The Bertz CT molecular complexity index is 1150. The minimum absolute atomic E-state index is 0.0256. The molecule has 2 aromatic carbocycles. The Morgan fingerprint density at radius 2 is 1.76 bits per heavy atom. The number of hydrogen-bond donors (Lipinski definition) is 1. The lowest BCUT2D eigenvalue weighted by molar-refractivity contribution is -0.114. The van der Waals surface area contributed by atoms with Gasteiger partial charge in [-0.25, -0.2) is 13.1 Å². The lowest BCUT2D eigenvalue weighted by Gasteiger charge is -2.12. The van der Waals surface area contributed by atoms with E-state index in [1.54, 1.807) is 35.2 Å². The van der Waals surface area contributed by atoms with Gasteiger partial charge in [-0.3, -0.25) is 4.79 Å². The number of amides is 1. The van der Waals surface area contributed by atoms with Crippen LogP contribution in [-0.4, -0.2) is 30.4 Å². The molecule has 8 heteroatoms. The highest BCUT2D eigenvalue weighted by molar-refractivity contribution is 7.99. The number of anilines is 1. The molecule has 1 aromatic heterocycles. The van der Waals surface area contributed by atoms with Crippen LogP contribution in [0.25, 0.3) is 0 Å². The molecule has 0 saturated heterocycles. The van der Waals surface area contributed by atoms with E-state index in [1.807, 2.05) is 38.1 Å². The quantitative estimate of drug-likeness (QED) is 0.598. The third-order valence-electron chi connectivity index (χ3n) is 4.55. The summed E-state index contributed by atoms with van der Waals surface area (Å²) >= 11 is 1.23. The van der Waals surface area contributed by atoms with Crippen molar-refractivity contribution in [2.45, 2.75) is 42.1 Å². The molecule has 1 heterocycles. The number of sulfone groups is 1. The lowest BCUT2D eigenvalue weighted by Crippen LogP contribution is -2.16. The highest BCUT2D eigenvalue weighted by Crippen LogP contribution is 2.36. The maximum Gasteiger partial charge on any atom is 0.222 e. The van der Waals surface area contributed by atoms with Gasteiger partial charge in [0.1, 0.15) is 9.92 Å². The van der Waals surface area contributed by atoms with Crippen molar-refractivity contribution in [2.24, 2.45) is 0 Å². The van der Waals surface area contributed by atoms with Crippen molar-refractivity contribution in [3.05, 3.63) is 65.2 Å². The number of aromatic nitrogens is 2. The third kappa shape index (κ3) is 4.38. The van der Waals surface area contributed by atoms with Gasteiger partial charge in [-0.15, -0.1) is 11.8 Å². The van der Waals surface area contributed by atoms with Crippen LogP contribution in [0.15, 0.2) is 63.3 Å². The maximum absolute atomic E-state index is 13.4. The smallest absolute Gasteiger partial charge is 0.222 e. The molecule has 0 spiro atoms. The second-order valence-corrected chi connectivity index (χ2v) is 9.45. The molecule has 0 bridgehead atoms. The third-order valence-corrected chi connectivity index (χ3v) is 7.17. The van der Waals surface area contributed by atoms with Crippen LogP contribution in [0.4, 0.5) is 5.82 Å². The van der Waals surface area contributed by atoms with Crippen LogP contribution >= 0.6 is 11.8 Å². The van der Waals surface area contributed by atoms with Gasteiger partial charge in [0.2, 0.25) is 15.7 Å². The number of rotatable bonds is 6. The molecule has 3 rings (SSSR count). The van der Waals surface area contributed by atoms with Gasteiger partial charge < -0.3 is 5.32 Å². The summed E-state index contributed by atoms with van der Waals surface area (Å²) in [5.74, 6) is -0.172. The number of aryl methyl sites for hydroxylation is 2. The molecule has 0 aliphatic carbocycles. The first-order valence-corrected chi connectivity index (χ1v) is 11.7. The molecule has 0 saturated carbocycles. The monoisotopic (exact) mass is 429 g/mol. The van der Waals surface area contributed by atoms with E-state index in [1.165, 1.54) is 18.7 Å². The first kappa shape index (κ1) is 21.1. The van der Waals surface area contributed by atoms with Gasteiger partial charge in [0.15, 0.2) is 5.82 Å². The van der Waals surface area contributed by atoms with Crippen molar-refractivity contribution in [2.75, 3.05) is 11.6 Å². The van der Waals surface area contributed by atoms with E-state index in [2.05, 4.69) is 10.4 Å². The fourth-order valence-electron chi connectivity index (χ4n) is 2.99. The fourth-order valence-corrected chi connectivity index (χ4v) is 5.44. The molecule has 152 valence electrons. The van der Waals surface area contributed by atoms with Crippen LogP contribution in [0, 0.1) is 13.8 Å². The second-order valence-electron chi connectivity index (χ2n) is 6.77. The zero-order valence-corrected chi connectivity index (χ0v) is 18.4. The van der Waals surface area contributed by atoms with E-state index in [0.29, 0.717) is 11.6 Å². The summed E-state index contributed by atoms with van der Waals surface area (Å²) in [6, 6.07) is 14.5. The molecule has 0 radical (unpaired) electrons. The Hall–Kier alpha value is -2.58. The molecule has 29 heavy (non-hydrogen) atoms. The van der Waals surface area contributed by atoms with Crippen molar-refractivity contribution < 1.29 is 13.2 Å². The Kier molecular flexibility index (Phi) is 6.14. The predicted molar refractivity (Wildman–Crippen MR) is 115 cm³/mol. The van der Waals surface area contributed by atoms with Gasteiger partial charge in [-0.1, -0.05) is 42.0 Å². The number of carbonyl (C=O) groups is 1. The summed E-state index contributed by atoms with van der Waals surface area (Å²) in [5, 5.41) is 7.56. The van der Waals surface area contributed by atoms with Crippen molar-refractivity contribution in [3.63, 3.8) is 0 Å². The van der Waals surface area contributed by atoms with Crippen molar-refractivity contribution in [1.82, 2.24) is 9.78 Å². The van der Waals surface area contributed by atoms with Gasteiger partial charge in [0.05, 0.1) is 11.4 Å². The lowest BCUT2D eigenvalue weighted by atomic mass is 10.1. The topological polar surface area (TPSA) is 81.1 Å². The van der Waals surface area contributed by atoms with Crippen molar-refractivity contribution in [3.8, 4) is 0 Å². The summed E-state index contributed by atoms with van der Waals surface area (Å²) in [7, 11) is -3.88. The molecule has 0 unspecified atom stereocenters. The molecule has 6 nitrogen and oxygen atoms in total. The van der Waals surface area contributed by atoms with Crippen molar-refractivity contribution in [1.29, 1.82) is 0 Å². The molecule has 1 amide bonds. The summed E-state index contributed by atoms with van der Waals surface area (Å²) in [5.41, 5.74) is 3.02. The largest absolute Gasteiger partial charge is 0.310 e. The van der Waals surface area contributed by atoms with E-state index in [4.69, 9.17) is 0 Å². The Balaban J connectivity index is 2.20. The number of nitrogens with one attached hydrogen (secondary N) is 1. The minimum Gasteiger partial charge on any atom is -0.310 e. The molecule has 0 fully saturated rings. The zero-order valence-electron chi connectivity index (χ0n) is 16.8. The first-order valence-electron chi connectivity index (χ1n) is 9.02. The molecule has 0 aliphatic heterocycles. The van der Waals surface area contributed by atoms with Crippen molar-refractivity contribution >= 4 is 33.3 Å². The van der Waals surface area contributed by atoms with Crippen LogP contribution in [0.3, 0.4) is 0 Å². The van der Waals surface area contributed by atoms with E-state index in [0.717, 1.165) is 16.7 Å². The molecule has 3 aromatic rings. The van der Waals surface area contributed by atoms with Crippen LogP contribution in [-0.2, 0) is 21.2 Å². The van der Waals surface area contributed by atoms with E-state index >= 15 is 0 Å². The molecular weight excluding hydrogens is 406 g/mol. The summed E-state index contributed by atoms with van der Waals surface area (Å²) in [4.78, 5) is 12.1. The normalized spacial score (nSPS) is 11.4. The first-order chi connectivity index (χ1) is 13.7. The summed E-state index contributed by atoms with van der Waals surface area (Å²) < 4.78 is 28.4. The molecule has 0 aliphatic rings. The van der Waals surface area contributed by atoms with Gasteiger partial charge in [0, 0.05) is 6.92 Å². The van der Waals surface area contributed by atoms with Gasteiger partial charge in [0.25, 0.3) is 0 Å². The fraction of sp³-hybridized carbons (Fsp3) is 0.238. The van der Waals surface area contributed by atoms with Crippen LogP contribution in [0.2, 0.25) is 0 Å². The average molecular weight is 430 g/mol. The van der Waals surface area contributed by atoms with E-state index < -0.39 is 9.84 Å². The van der Waals surface area contributed by atoms with Crippen LogP contribution < -0.4 is 5.32 Å². The maximum atomic E-state index is 13.4.